The number of carbonyl (C=O) groups is 3. The minimum Gasteiger partial charge on any atom is -0.478 e. The van der Waals surface area contributed by atoms with Crippen molar-refractivity contribution in [3.8, 4) is 0 Å². The minimum atomic E-state index is -1.02. The van der Waals surface area contributed by atoms with Crippen LogP contribution >= 0.6 is 0 Å². The molecule has 0 radical (unpaired) electrons. The van der Waals surface area contributed by atoms with E-state index in [1.165, 1.54) is 36.4 Å². The molecule has 2 aromatic carbocycles. The van der Waals surface area contributed by atoms with Gasteiger partial charge < -0.3 is 20.6 Å². The number of carboxylic acids is 1. The molecule has 0 bridgehead atoms. The quantitative estimate of drug-likeness (QED) is 0.720. The van der Waals surface area contributed by atoms with Gasteiger partial charge in [-0.1, -0.05) is 12.1 Å². The van der Waals surface area contributed by atoms with Gasteiger partial charge in [-0.2, -0.15) is 0 Å². The Bertz CT molecular complexity index is 893. The van der Waals surface area contributed by atoms with Gasteiger partial charge in [-0.25, -0.2) is 14.0 Å². The first-order valence-electron chi connectivity index (χ1n) is 9.34. The van der Waals surface area contributed by atoms with Gasteiger partial charge in [0.05, 0.1) is 12.0 Å². The molecule has 3 N–H and O–H groups in total. The maximum absolute atomic E-state index is 12.9. The Morgan fingerprint density at radius 1 is 1.07 bits per heavy atom. The van der Waals surface area contributed by atoms with Crippen LogP contribution in [0.25, 0.3) is 0 Å². The van der Waals surface area contributed by atoms with Gasteiger partial charge in [0.2, 0.25) is 5.91 Å². The lowest BCUT2D eigenvalue weighted by molar-refractivity contribution is -0.131. The second-order valence-corrected chi connectivity index (χ2v) is 6.94. The number of anilines is 1. The predicted octanol–water partition coefficient (Wildman–Crippen LogP) is 2.88. The molecule has 0 saturated carbocycles. The Balaban J connectivity index is 1.45. The molecule has 1 saturated heterocycles. The van der Waals surface area contributed by atoms with Gasteiger partial charge in [-0.05, 0) is 54.8 Å². The summed E-state index contributed by atoms with van der Waals surface area (Å²) >= 11 is 0. The lowest BCUT2D eigenvalue weighted by atomic mass is 10.0. The second kappa shape index (κ2) is 9.18. The molecule has 1 heterocycles. The van der Waals surface area contributed by atoms with Crippen molar-refractivity contribution in [2.45, 2.75) is 25.3 Å². The molecule has 1 aliphatic heterocycles. The summed E-state index contributed by atoms with van der Waals surface area (Å²) in [5.74, 6) is -1.46. The molecular weight excluding hydrogens is 377 g/mol. The molecule has 152 valence electrons. The summed E-state index contributed by atoms with van der Waals surface area (Å²) < 4.78 is 12.9. The summed E-state index contributed by atoms with van der Waals surface area (Å²) in [6.45, 7) is 1.03. The van der Waals surface area contributed by atoms with E-state index in [1.54, 1.807) is 17.0 Å². The third-order valence-corrected chi connectivity index (χ3v) is 4.81. The van der Waals surface area contributed by atoms with Crippen LogP contribution in [-0.2, 0) is 11.2 Å². The number of halogens is 1. The molecule has 1 fully saturated rings. The van der Waals surface area contributed by atoms with E-state index in [2.05, 4.69) is 10.6 Å². The third-order valence-electron chi connectivity index (χ3n) is 4.81. The maximum atomic E-state index is 12.9. The topological polar surface area (TPSA) is 98.7 Å². The number of benzene rings is 2. The van der Waals surface area contributed by atoms with E-state index >= 15 is 0 Å². The van der Waals surface area contributed by atoms with Gasteiger partial charge in [0.1, 0.15) is 5.82 Å². The van der Waals surface area contributed by atoms with Crippen LogP contribution in [0.2, 0.25) is 0 Å². The number of rotatable bonds is 5. The highest BCUT2D eigenvalue weighted by atomic mass is 19.1. The van der Waals surface area contributed by atoms with E-state index in [-0.39, 0.29) is 35.8 Å². The fourth-order valence-corrected chi connectivity index (χ4v) is 3.26. The number of piperidine rings is 1. The number of urea groups is 1. The van der Waals surface area contributed by atoms with Crippen molar-refractivity contribution in [1.82, 2.24) is 10.2 Å². The van der Waals surface area contributed by atoms with Gasteiger partial charge in [-0.15, -0.1) is 0 Å². The summed E-state index contributed by atoms with van der Waals surface area (Å²) in [6.07, 6.45) is 1.39. The van der Waals surface area contributed by atoms with Gasteiger partial charge in [0, 0.05) is 24.8 Å². The number of carbonyl (C=O) groups excluding carboxylic acids is 2. The van der Waals surface area contributed by atoms with Gasteiger partial charge in [-0.3, -0.25) is 4.79 Å². The first-order chi connectivity index (χ1) is 13.9. The monoisotopic (exact) mass is 399 g/mol. The fraction of sp³-hybridized carbons (Fsp3) is 0.286. The Morgan fingerprint density at radius 3 is 2.41 bits per heavy atom. The summed E-state index contributed by atoms with van der Waals surface area (Å²) in [4.78, 5) is 37.3. The van der Waals surface area contributed by atoms with Crippen molar-refractivity contribution in [2.24, 2.45) is 0 Å². The number of hydrogen-bond donors (Lipinski definition) is 3. The van der Waals surface area contributed by atoms with Gasteiger partial charge >= 0.3 is 12.0 Å². The van der Waals surface area contributed by atoms with Gasteiger partial charge in [0.25, 0.3) is 0 Å². The van der Waals surface area contributed by atoms with Crippen LogP contribution < -0.4 is 10.6 Å². The Kier molecular flexibility index (Phi) is 6.43. The number of carboxylic acid groups (broad SMARTS) is 1. The van der Waals surface area contributed by atoms with Crippen LogP contribution in [0.1, 0.15) is 28.8 Å². The van der Waals surface area contributed by atoms with Crippen LogP contribution in [0, 0.1) is 5.82 Å². The molecule has 0 unspecified atom stereocenters. The molecule has 7 nitrogen and oxygen atoms in total. The maximum Gasteiger partial charge on any atom is 0.335 e. The van der Waals surface area contributed by atoms with Crippen LogP contribution in [-0.4, -0.2) is 47.0 Å². The Hall–Kier alpha value is -3.42. The summed E-state index contributed by atoms with van der Waals surface area (Å²) in [7, 11) is 0. The predicted molar refractivity (Wildman–Crippen MR) is 105 cm³/mol. The SMILES string of the molecule is O=C(Nc1ccc(F)cc1)NC1CCN(C(=O)Cc2cccc(C(=O)O)c2)CC1. The Morgan fingerprint density at radius 2 is 1.76 bits per heavy atom. The summed E-state index contributed by atoms with van der Waals surface area (Å²) in [5.41, 5.74) is 1.32. The van der Waals surface area contributed by atoms with E-state index in [0.29, 0.717) is 37.2 Å². The van der Waals surface area contributed by atoms with E-state index < -0.39 is 5.97 Å². The lowest BCUT2D eigenvalue weighted by Crippen LogP contribution is -2.47. The Labute approximate surface area is 167 Å². The highest BCUT2D eigenvalue weighted by Crippen LogP contribution is 2.14. The number of nitrogens with zero attached hydrogens (tertiary/aromatic N) is 1. The smallest absolute Gasteiger partial charge is 0.335 e. The van der Waals surface area contributed by atoms with E-state index in [0.717, 1.165) is 0 Å². The average molecular weight is 399 g/mol. The third kappa shape index (κ3) is 5.78. The second-order valence-electron chi connectivity index (χ2n) is 6.94. The van der Waals surface area contributed by atoms with Crippen LogP contribution in [0.3, 0.4) is 0 Å². The number of likely N-dealkylation sites (tertiary alicyclic amines) is 1. The number of amides is 3. The van der Waals surface area contributed by atoms with Crippen molar-refractivity contribution in [3.05, 3.63) is 65.5 Å². The van der Waals surface area contributed by atoms with Crippen molar-refractivity contribution in [1.29, 1.82) is 0 Å². The zero-order valence-corrected chi connectivity index (χ0v) is 15.7. The lowest BCUT2D eigenvalue weighted by Gasteiger charge is -2.32. The van der Waals surface area contributed by atoms with E-state index in [9.17, 15) is 18.8 Å². The molecular formula is C21H22FN3O4. The largest absolute Gasteiger partial charge is 0.478 e. The van der Waals surface area contributed by atoms with Crippen molar-refractivity contribution >= 4 is 23.6 Å². The summed E-state index contributed by atoms with van der Waals surface area (Å²) in [6, 6.07) is 11.4. The highest BCUT2D eigenvalue weighted by Gasteiger charge is 2.24. The van der Waals surface area contributed by atoms with E-state index in [4.69, 9.17) is 5.11 Å². The van der Waals surface area contributed by atoms with Crippen LogP contribution in [0.15, 0.2) is 48.5 Å². The highest BCUT2D eigenvalue weighted by molar-refractivity contribution is 5.89. The molecule has 0 spiro atoms. The van der Waals surface area contributed by atoms with Crippen LogP contribution in [0.4, 0.5) is 14.9 Å². The number of hydrogen-bond acceptors (Lipinski definition) is 3. The fourth-order valence-electron chi connectivity index (χ4n) is 3.26. The van der Waals surface area contributed by atoms with E-state index in [1.807, 2.05) is 0 Å². The number of aromatic carboxylic acids is 1. The molecule has 0 atom stereocenters. The van der Waals surface area contributed by atoms with Crippen LogP contribution in [0.5, 0.6) is 0 Å². The summed E-state index contributed by atoms with van der Waals surface area (Å²) in [5, 5.41) is 14.6. The zero-order chi connectivity index (χ0) is 20.8. The number of nitrogens with one attached hydrogen (secondary N) is 2. The van der Waals surface area contributed by atoms with Gasteiger partial charge in [0.15, 0.2) is 0 Å². The zero-order valence-electron chi connectivity index (χ0n) is 15.7. The first-order valence-corrected chi connectivity index (χ1v) is 9.34. The molecule has 8 heteroatoms. The minimum absolute atomic E-state index is 0.0603. The molecule has 3 rings (SSSR count). The molecule has 1 aliphatic rings. The molecule has 0 aliphatic carbocycles. The standard InChI is InChI=1S/C21H22FN3O4/c22-16-4-6-17(7-5-16)23-21(29)24-18-8-10-25(11-9-18)19(26)13-14-2-1-3-15(12-14)20(27)28/h1-7,12,18H,8-11,13H2,(H,27,28)(H2,23,24,29). The first kappa shape index (κ1) is 20.3. The van der Waals surface area contributed by atoms with Crippen molar-refractivity contribution in [2.75, 3.05) is 18.4 Å². The molecule has 29 heavy (non-hydrogen) atoms. The average Bonchev–Trinajstić information content (AvgIpc) is 2.70. The normalized spacial score (nSPS) is 14.3. The van der Waals surface area contributed by atoms with Crippen molar-refractivity contribution in [3.63, 3.8) is 0 Å². The molecule has 3 amide bonds. The van der Waals surface area contributed by atoms with Crippen molar-refractivity contribution < 1.29 is 23.9 Å². The molecule has 2 aromatic rings. The molecule has 0 aromatic heterocycles.